The third-order valence-electron chi connectivity index (χ3n) is 7.61. The molecule has 0 aliphatic heterocycles. The molecule has 0 N–H and O–H groups in total. The summed E-state index contributed by atoms with van der Waals surface area (Å²) in [6.45, 7) is 20.5. The molecule has 0 bridgehead atoms. The fourth-order valence-corrected chi connectivity index (χ4v) is 5.69. The van der Waals surface area contributed by atoms with E-state index in [2.05, 4.69) is 134 Å². The van der Waals surface area contributed by atoms with Crippen LogP contribution in [0, 0.1) is 26.8 Å². The first-order chi connectivity index (χ1) is 17.4. The van der Waals surface area contributed by atoms with Gasteiger partial charge in [0.25, 0.3) is 0 Å². The van der Waals surface area contributed by atoms with Crippen LogP contribution in [0.2, 0.25) is 0 Å². The van der Waals surface area contributed by atoms with Gasteiger partial charge in [0.2, 0.25) is 11.0 Å². The highest BCUT2D eigenvalue weighted by Gasteiger charge is 2.27. The quantitative estimate of drug-likeness (QED) is 0.133. The molecule has 1 heteroatoms. The van der Waals surface area contributed by atoms with Crippen molar-refractivity contribution in [3.8, 4) is 16.8 Å². The number of hydrogen-bond donors (Lipinski definition) is 0. The van der Waals surface area contributed by atoms with Crippen LogP contribution in [0.3, 0.4) is 0 Å². The Kier molecular flexibility index (Phi) is 6.02. The van der Waals surface area contributed by atoms with Gasteiger partial charge in [-0.1, -0.05) is 77.4 Å². The van der Waals surface area contributed by atoms with Crippen LogP contribution in [0.15, 0.2) is 72.8 Å². The summed E-state index contributed by atoms with van der Waals surface area (Å²) in [7, 11) is 0. The molecule has 0 saturated heterocycles. The van der Waals surface area contributed by atoms with E-state index in [1.165, 1.54) is 60.8 Å². The molecule has 0 fully saturated rings. The molecule has 5 aromatic rings. The Balaban J connectivity index is 2.07. The van der Waals surface area contributed by atoms with Crippen molar-refractivity contribution in [3.05, 3.63) is 107 Å². The summed E-state index contributed by atoms with van der Waals surface area (Å²) in [5, 5.41) is 2.55. The Hall–Kier alpha value is -3.45. The van der Waals surface area contributed by atoms with Gasteiger partial charge >= 0.3 is 0 Å². The van der Waals surface area contributed by atoms with E-state index >= 15 is 0 Å². The standard InChI is InChI=1S/C36H39N/c1-23-19-24(2)33(25(3)20-23)34-29-17-15-26(35(4,5)6)21-31(29)37(28-13-11-10-12-14-28)32-22-27(36(7,8)9)16-18-30(32)34/h10-13,15-22H,1-9H3. The van der Waals surface area contributed by atoms with E-state index < -0.39 is 0 Å². The molecule has 0 unspecified atom stereocenters. The lowest BCUT2D eigenvalue weighted by Crippen LogP contribution is -2.34. The Morgan fingerprint density at radius 1 is 0.595 bits per heavy atom. The number of para-hydroxylation sites is 1. The van der Waals surface area contributed by atoms with Gasteiger partial charge in [-0.3, -0.25) is 0 Å². The average Bonchev–Trinajstić information content (AvgIpc) is 2.81. The fraction of sp³-hybridized carbons (Fsp3) is 0.306. The molecule has 0 spiro atoms. The van der Waals surface area contributed by atoms with E-state index in [1.54, 1.807) is 0 Å². The average molecular weight is 486 g/mol. The number of benzene rings is 4. The summed E-state index contributed by atoms with van der Waals surface area (Å²) in [4.78, 5) is 0. The number of hydrogen-bond acceptors (Lipinski definition) is 0. The van der Waals surface area contributed by atoms with Crippen molar-refractivity contribution < 1.29 is 4.57 Å². The van der Waals surface area contributed by atoms with E-state index in [1.807, 2.05) is 12.1 Å². The van der Waals surface area contributed by atoms with Gasteiger partial charge in [0.15, 0.2) is 0 Å². The van der Waals surface area contributed by atoms with Crippen LogP contribution < -0.4 is 4.57 Å². The number of nitrogens with zero attached hydrogens (tertiary/aromatic N) is 1. The molecule has 1 nitrogen and oxygen atoms in total. The van der Waals surface area contributed by atoms with Crippen molar-refractivity contribution in [1.29, 1.82) is 0 Å². The highest BCUT2D eigenvalue weighted by molar-refractivity contribution is 6.09. The second kappa shape index (κ2) is 8.84. The molecule has 0 aliphatic rings. The third kappa shape index (κ3) is 4.46. The van der Waals surface area contributed by atoms with Gasteiger partial charge in [-0.25, -0.2) is 0 Å². The van der Waals surface area contributed by atoms with Crippen molar-refractivity contribution in [2.24, 2.45) is 0 Å². The molecule has 0 radical (unpaired) electrons. The molecule has 5 rings (SSSR count). The van der Waals surface area contributed by atoms with Gasteiger partial charge in [-0.05, 0) is 71.6 Å². The van der Waals surface area contributed by atoms with Crippen LogP contribution in [-0.4, -0.2) is 0 Å². The fourth-order valence-electron chi connectivity index (χ4n) is 5.69. The zero-order valence-corrected chi connectivity index (χ0v) is 23.9. The van der Waals surface area contributed by atoms with Crippen LogP contribution >= 0.6 is 0 Å². The number of rotatable bonds is 2. The lowest BCUT2D eigenvalue weighted by Gasteiger charge is -2.23. The minimum atomic E-state index is 0.0461. The summed E-state index contributed by atoms with van der Waals surface area (Å²) in [6.07, 6.45) is 0. The van der Waals surface area contributed by atoms with Gasteiger partial charge in [-0.15, -0.1) is 6.07 Å². The van der Waals surface area contributed by atoms with Gasteiger partial charge in [0.05, 0.1) is 10.8 Å². The first-order valence-corrected chi connectivity index (χ1v) is 13.4. The van der Waals surface area contributed by atoms with Crippen molar-refractivity contribution in [2.45, 2.75) is 73.1 Å². The highest BCUT2D eigenvalue weighted by atomic mass is 15.0. The van der Waals surface area contributed by atoms with Crippen molar-refractivity contribution in [1.82, 2.24) is 0 Å². The maximum Gasteiger partial charge on any atom is 0.217 e. The molecule has 188 valence electrons. The predicted octanol–water partition coefficient (Wildman–Crippen LogP) is 9.26. The normalized spacial score (nSPS) is 12.5. The number of aromatic nitrogens is 1. The SMILES string of the molecule is Cc1cc(C)c(-c2c3ccc(C(C)(C)C)cc3[n+](-c3[c-]cccc3)c3cc(C(C)(C)C)ccc23)c(C)c1. The van der Waals surface area contributed by atoms with Crippen LogP contribution in [0.1, 0.15) is 69.4 Å². The first-order valence-electron chi connectivity index (χ1n) is 13.4. The van der Waals surface area contributed by atoms with Gasteiger partial charge in [0.1, 0.15) is 5.69 Å². The van der Waals surface area contributed by atoms with E-state index in [9.17, 15) is 0 Å². The van der Waals surface area contributed by atoms with E-state index in [4.69, 9.17) is 0 Å². The summed E-state index contributed by atoms with van der Waals surface area (Å²) in [5.41, 5.74) is 12.9. The van der Waals surface area contributed by atoms with E-state index in [0.29, 0.717) is 0 Å². The zero-order valence-electron chi connectivity index (χ0n) is 23.9. The number of pyridine rings is 1. The van der Waals surface area contributed by atoms with Crippen LogP contribution in [0.25, 0.3) is 38.6 Å². The molecular formula is C36H39N. The second-order valence-corrected chi connectivity index (χ2v) is 12.7. The molecule has 0 saturated carbocycles. The van der Waals surface area contributed by atoms with Crippen molar-refractivity contribution >= 4 is 21.8 Å². The van der Waals surface area contributed by atoms with Gasteiger partial charge < -0.3 is 0 Å². The third-order valence-corrected chi connectivity index (χ3v) is 7.61. The first kappa shape index (κ1) is 25.2. The molecular weight excluding hydrogens is 446 g/mol. The lowest BCUT2D eigenvalue weighted by molar-refractivity contribution is -0.538. The number of aryl methyl sites for hydroxylation is 3. The largest absolute Gasteiger partial charge is 0.217 e. The Morgan fingerprint density at radius 3 is 1.54 bits per heavy atom. The lowest BCUT2D eigenvalue weighted by atomic mass is 9.82. The molecule has 0 aliphatic carbocycles. The minimum absolute atomic E-state index is 0.0461. The van der Waals surface area contributed by atoms with Crippen molar-refractivity contribution in [3.63, 3.8) is 0 Å². The van der Waals surface area contributed by atoms with Gasteiger partial charge in [-0.2, -0.15) is 22.8 Å². The predicted molar refractivity (Wildman–Crippen MR) is 159 cm³/mol. The van der Waals surface area contributed by atoms with Gasteiger partial charge in [0, 0.05) is 17.7 Å². The summed E-state index contributed by atoms with van der Waals surface area (Å²) in [5.74, 6) is 0. The summed E-state index contributed by atoms with van der Waals surface area (Å²) in [6, 6.07) is 30.7. The monoisotopic (exact) mass is 485 g/mol. The maximum absolute atomic E-state index is 3.54. The molecule has 1 heterocycles. The Morgan fingerprint density at radius 2 is 1.11 bits per heavy atom. The van der Waals surface area contributed by atoms with Crippen LogP contribution in [0.4, 0.5) is 0 Å². The molecule has 37 heavy (non-hydrogen) atoms. The van der Waals surface area contributed by atoms with E-state index in [0.717, 1.165) is 5.69 Å². The molecule has 0 atom stereocenters. The topological polar surface area (TPSA) is 3.88 Å². The molecule has 0 amide bonds. The zero-order chi connectivity index (χ0) is 26.7. The van der Waals surface area contributed by atoms with Crippen LogP contribution in [0.5, 0.6) is 0 Å². The maximum atomic E-state index is 3.54. The van der Waals surface area contributed by atoms with Crippen LogP contribution in [-0.2, 0) is 10.8 Å². The smallest absolute Gasteiger partial charge is 0.176 e. The Bertz CT molecular complexity index is 1540. The number of fused-ring (bicyclic) bond motifs is 2. The summed E-state index contributed by atoms with van der Waals surface area (Å²) >= 11 is 0. The Labute approximate surface area is 222 Å². The second-order valence-electron chi connectivity index (χ2n) is 12.7. The van der Waals surface area contributed by atoms with E-state index in [-0.39, 0.29) is 10.8 Å². The molecule has 4 aromatic carbocycles. The highest BCUT2D eigenvalue weighted by Crippen LogP contribution is 2.41. The van der Waals surface area contributed by atoms with Crippen molar-refractivity contribution in [2.75, 3.05) is 0 Å². The summed E-state index contributed by atoms with van der Waals surface area (Å²) < 4.78 is 2.43. The molecule has 1 aromatic heterocycles. The minimum Gasteiger partial charge on any atom is -0.176 e.